The predicted octanol–water partition coefficient (Wildman–Crippen LogP) is 2.24. The van der Waals surface area contributed by atoms with E-state index >= 15 is 0 Å². The first-order chi connectivity index (χ1) is 11.8. The predicted molar refractivity (Wildman–Crippen MR) is 90.6 cm³/mol. The fourth-order valence-corrected chi connectivity index (χ4v) is 2.30. The molecule has 0 radical (unpaired) electrons. The highest BCUT2D eigenvalue weighted by atomic mass is 16.1. The van der Waals surface area contributed by atoms with Gasteiger partial charge in [0.15, 0.2) is 0 Å². The van der Waals surface area contributed by atoms with Gasteiger partial charge in [0, 0.05) is 18.5 Å². The third kappa shape index (κ3) is 4.36. The molecule has 2 heterocycles. The number of hydrogen-bond acceptors (Lipinski definition) is 4. The van der Waals surface area contributed by atoms with Gasteiger partial charge in [0.05, 0.1) is 12.6 Å². The first kappa shape index (κ1) is 15.6. The number of carbonyl (C=O) groups excluding carboxylic acids is 1. The van der Waals surface area contributed by atoms with Crippen LogP contribution in [0.4, 0.5) is 0 Å². The zero-order valence-corrected chi connectivity index (χ0v) is 13.0. The molecule has 1 aromatic carbocycles. The number of hydrogen-bond donors (Lipinski definition) is 1. The van der Waals surface area contributed by atoms with Crippen LogP contribution in [0.15, 0.2) is 73.6 Å². The van der Waals surface area contributed by atoms with E-state index in [-0.39, 0.29) is 11.9 Å². The summed E-state index contributed by atoms with van der Waals surface area (Å²) in [5, 5.41) is 7.12. The van der Waals surface area contributed by atoms with Crippen molar-refractivity contribution < 1.29 is 4.79 Å². The number of carbonyl (C=O) groups is 1. The molecule has 0 aliphatic carbocycles. The van der Waals surface area contributed by atoms with Crippen LogP contribution in [-0.2, 0) is 11.3 Å². The van der Waals surface area contributed by atoms with Crippen molar-refractivity contribution in [2.75, 3.05) is 0 Å². The topological polar surface area (TPSA) is 72.7 Å². The Kier molecular flexibility index (Phi) is 5.09. The van der Waals surface area contributed by atoms with Crippen LogP contribution in [0.1, 0.15) is 17.2 Å². The number of nitrogens with one attached hydrogen (secondary N) is 1. The molecule has 1 amide bonds. The van der Waals surface area contributed by atoms with Crippen LogP contribution < -0.4 is 5.32 Å². The van der Waals surface area contributed by atoms with Crippen molar-refractivity contribution in [2.45, 2.75) is 12.6 Å². The molecule has 6 nitrogen and oxygen atoms in total. The van der Waals surface area contributed by atoms with Gasteiger partial charge in [-0.25, -0.2) is 4.98 Å². The highest BCUT2D eigenvalue weighted by molar-refractivity contribution is 5.91. The third-order valence-electron chi connectivity index (χ3n) is 3.49. The molecule has 6 heteroatoms. The summed E-state index contributed by atoms with van der Waals surface area (Å²) in [5.74, 6) is -0.166. The lowest BCUT2D eigenvalue weighted by Crippen LogP contribution is -2.30. The number of benzene rings is 1. The maximum absolute atomic E-state index is 12.3. The third-order valence-corrected chi connectivity index (χ3v) is 3.49. The molecule has 3 rings (SSSR count). The fourth-order valence-electron chi connectivity index (χ4n) is 2.30. The summed E-state index contributed by atoms with van der Waals surface area (Å²) in [6.07, 6.45) is 9.77. The van der Waals surface area contributed by atoms with Crippen molar-refractivity contribution in [3.8, 4) is 0 Å². The molecular formula is C18H17N5O. The van der Waals surface area contributed by atoms with E-state index in [1.54, 1.807) is 29.5 Å². The van der Waals surface area contributed by atoms with Gasteiger partial charge >= 0.3 is 0 Å². The largest absolute Gasteiger partial charge is 0.344 e. The highest BCUT2D eigenvalue weighted by Gasteiger charge is 2.14. The molecule has 2 aromatic heterocycles. The summed E-state index contributed by atoms with van der Waals surface area (Å²) < 4.78 is 1.70. The summed E-state index contributed by atoms with van der Waals surface area (Å²) in [6, 6.07) is 13.3. The van der Waals surface area contributed by atoms with Crippen LogP contribution in [0.25, 0.3) is 6.08 Å². The Labute approximate surface area is 139 Å². The lowest BCUT2D eigenvalue weighted by atomic mass is 10.1. The standard InChI is InChI=1S/C18H17N5O/c24-18(7-6-15-8-10-19-11-9-15)22-17(12-23-14-20-13-21-23)16-4-2-1-3-5-16/h1-11,13-14,17H,12H2,(H,22,24)/b7-6+. The Hall–Kier alpha value is -3.28. The van der Waals surface area contributed by atoms with Crippen molar-refractivity contribution in [2.24, 2.45) is 0 Å². The van der Waals surface area contributed by atoms with Crippen LogP contribution in [0.2, 0.25) is 0 Å². The van der Waals surface area contributed by atoms with E-state index in [1.807, 2.05) is 42.5 Å². The van der Waals surface area contributed by atoms with E-state index < -0.39 is 0 Å². The molecule has 120 valence electrons. The minimum atomic E-state index is -0.192. The summed E-state index contributed by atoms with van der Waals surface area (Å²) in [4.78, 5) is 20.2. The van der Waals surface area contributed by atoms with Crippen LogP contribution in [-0.4, -0.2) is 25.7 Å². The molecule has 1 N–H and O–H groups in total. The quantitative estimate of drug-likeness (QED) is 0.707. The van der Waals surface area contributed by atoms with Gasteiger partial charge in [-0.1, -0.05) is 30.3 Å². The number of rotatable bonds is 6. The Bertz CT molecular complexity index is 785. The molecule has 0 spiro atoms. The van der Waals surface area contributed by atoms with Gasteiger partial charge in [0.25, 0.3) is 0 Å². The van der Waals surface area contributed by atoms with Crippen molar-refractivity contribution in [1.29, 1.82) is 0 Å². The van der Waals surface area contributed by atoms with E-state index in [2.05, 4.69) is 20.4 Å². The van der Waals surface area contributed by atoms with Crippen molar-refractivity contribution in [3.05, 3.63) is 84.7 Å². The molecule has 0 aliphatic heterocycles. The molecule has 0 bridgehead atoms. The van der Waals surface area contributed by atoms with Crippen molar-refractivity contribution in [1.82, 2.24) is 25.1 Å². The Morgan fingerprint density at radius 3 is 2.62 bits per heavy atom. The second-order valence-corrected chi connectivity index (χ2v) is 5.20. The average molecular weight is 319 g/mol. The van der Waals surface area contributed by atoms with Crippen LogP contribution in [0.5, 0.6) is 0 Å². The lowest BCUT2D eigenvalue weighted by molar-refractivity contribution is -0.117. The molecule has 0 saturated heterocycles. The molecular weight excluding hydrogens is 302 g/mol. The number of pyridine rings is 1. The van der Waals surface area contributed by atoms with E-state index in [9.17, 15) is 4.79 Å². The maximum Gasteiger partial charge on any atom is 0.244 e. The summed E-state index contributed by atoms with van der Waals surface area (Å²) in [5.41, 5.74) is 1.94. The highest BCUT2D eigenvalue weighted by Crippen LogP contribution is 2.14. The van der Waals surface area contributed by atoms with Gasteiger partial charge in [-0.05, 0) is 29.3 Å². The lowest BCUT2D eigenvalue weighted by Gasteiger charge is -2.18. The van der Waals surface area contributed by atoms with Crippen LogP contribution in [0.3, 0.4) is 0 Å². The smallest absolute Gasteiger partial charge is 0.244 e. The molecule has 3 aromatic rings. The molecule has 0 fully saturated rings. The first-order valence-electron chi connectivity index (χ1n) is 7.57. The van der Waals surface area contributed by atoms with E-state index in [1.165, 1.54) is 12.4 Å². The minimum Gasteiger partial charge on any atom is -0.344 e. The van der Waals surface area contributed by atoms with Gasteiger partial charge < -0.3 is 5.32 Å². The van der Waals surface area contributed by atoms with Crippen molar-refractivity contribution >= 4 is 12.0 Å². The Balaban J connectivity index is 1.71. The van der Waals surface area contributed by atoms with Gasteiger partial charge in [0.2, 0.25) is 5.91 Å². The van der Waals surface area contributed by atoms with E-state index in [0.29, 0.717) is 6.54 Å². The SMILES string of the molecule is O=C(/C=C/c1ccncc1)NC(Cn1cncn1)c1ccccc1. The number of nitrogens with zero attached hydrogens (tertiary/aromatic N) is 4. The molecule has 0 saturated carbocycles. The van der Waals surface area contributed by atoms with Gasteiger partial charge in [-0.15, -0.1) is 0 Å². The average Bonchev–Trinajstić information content (AvgIpc) is 3.14. The van der Waals surface area contributed by atoms with Crippen molar-refractivity contribution in [3.63, 3.8) is 0 Å². The van der Waals surface area contributed by atoms with Crippen LogP contribution >= 0.6 is 0 Å². The normalized spacial score (nSPS) is 12.2. The number of amides is 1. The Morgan fingerprint density at radius 1 is 1.12 bits per heavy atom. The first-order valence-corrected chi connectivity index (χ1v) is 7.57. The monoisotopic (exact) mass is 319 g/mol. The zero-order valence-electron chi connectivity index (χ0n) is 13.0. The second kappa shape index (κ2) is 7.82. The number of aromatic nitrogens is 4. The van der Waals surface area contributed by atoms with Gasteiger partial charge in [-0.3, -0.25) is 14.5 Å². The fraction of sp³-hybridized carbons (Fsp3) is 0.111. The van der Waals surface area contributed by atoms with Gasteiger partial charge in [0.1, 0.15) is 12.7 Å². The zero-order chi connectivity index (χ0) is 16.6. The van der Waals surface area contributed by atoms with Gasteiger partial charge in [-0.2, -0.15) is 5.10 Å². The minimum absolute atomic E-state index is 0.166. The van der Waals surface area contributed by atoms with E-state index in [0.717, 1.165) is 11.1 Å². The van der Waals surface area contributed by atoms with Crippen LogP contribution in [0, 0.1) is 0 Å². The van der Waals surface area contributed by atoms with E-state index in [4.69, 9.17) is 0 Å². The molecule has 1 unspecified atom stereocenters. The molecule has 24 heavy (non-hydrogen) atoms. The summed E-state index contributed by atoms with van der Waals surface area (Å²) in [6.45, 7) is 0.513. The summed E-state index contributed by atoms with van der Waals surface area (Å²) >= 11 is 0. The molecule has 0 aliphatic rings. The second-order valence-electron chi connectivity index (χ2n) is 5.20. The molecule has 1 atom stereocenters. The Morgan fingerprint density at radius 2 is 1.92 bits per heavy atom. The summed E-state index contributed by atoms with van der Waals surface area (Å²) in [7, 11) is 0. The maximum atomic E-state index is 12.3.